The smallest absolute Gasteiger partial charge is 0.0547 e. The largest absolute Gasteiger partial charge is 0.311 e. The molecule has 0 bridgehead atoms. The quantitative estimate of drug-likeness (QED) is 0.177. The molecule has 49 heavy (non-hydrogen) atoms. The molecule has 0 saturated heterocycles. The molecule has 0 amide bonds. The van der Waals surface area contributed by atoms with Gasteiger partial charge >= 0.3 is 0 Å². The summed E-state index contributed by atoms with van der Waals surface area (Å²) < 4.78 is 2.44. The predicted octanol–water partition coefficient (Wildman–Crippen LogP) is 13.5. The lowest BCUT2D eigenvalue weighted by molar-refractivity contribution is 0.660. The van der Waals surface area contributed by atoms with Crippen LogP contribution in [-0.4, -0.2) is 4.57 Å². The van der Waals surface area contributed by atoms with E-state index in [0.717, 1.165) is 22.6 Å². The minimum absolute atomic E-state index is 0.0699. The first kappa shape index (κ1) is 29.8. The maximum atomic E-state index is 6.27. The van der Waals surface area contributed by atoms with Crippen molar-refractivity contribution in [3.63, 3.8) is 0 Å². The van der Waals surface area contributed by atoms with Crippen LogP contribution in [0.4, 0.5) is 17.1 Å². The molecule has 4 heteroatoms. The van der Waals surface area contributed by atoms with Crippen LogP contribution in [0.25, 0.3) is 49.7 Å². The molecule has 0 fully saturated rings. The van der Waals surface area contributed by atoms with Crippen molar-refractivity contribution < 1.29 is 0 Å². The molecule has 0 atom stereocenters. The molecule has 0 spiro atoms. The Morgan fingerprint density at radius 3 is 1.73 bits per heavy atom. The van der Waals surface area contributed by atoms with Crippen LogP contribution in [0.1, 0.15) is 25.0 Å². The maximum Gasteiger partial charge on any atom is 0.0547 e. The van der Waals surface area contributed by atoms with E-state index in [1.54, 1.807) is 0 Å². The van der Waals surface area contributed by atoms with Crippen molar-refractivity contribution in [1.29, 1.82) is 0 Å². The lowest BCUT2D eigenvalue weighted by Crippen LogP contribution is -2.15. The van der Waals surface area contributed by atoms with Crippen molar-refractivity contribution in [3.05, 3.63) is 179 Å². The predicted molar refractivity (Wildman–Crippen MR) is 208 cm³/mol. The molecule has 1 aromatic heterocycles. The van der Waals surface area contributed by atoms with Crippen LogP contribution in [-0.2, 0) is 5.41 Å². The van der Waals surface area contributed by atoms with Gasteiger partial charge in [0.25, 0.3) is 0 Å². The molecule has 0 saturated carbocycles. The highest BCUT2D eigenvalue weighted by molar-refractivity contribution is 6.31. The number of fused-ring (bicyclic) bond motifs is 6. The molecule has 8 aromatic rings. The van der Waals surface area contributed by atoms with Gasteiger partial charge in [0.1, 0.15) is 0 Å². The topological polar surface area (TPSA) is 8.17 Å². The first-order chi connectivity index (χ1) is 23.9. The molecular weight excluding hydrogens is 639 g/mol. The Hall–Kier alpha value is -5.28. The Balaban J connectivity index is 1.18. The molecule has 0 unspecified atom stereocenters. The van der Waals surface area contributed by atoms with Gasteiger partial charge in [-0.1, -0.05) is 110 Å². The van der Waals surface area contributed by atoms with E-state index < -0.39 is 0 Å². The second-order valence-corrected chi connectivity index (χ2v) is 14.2. The van der Waals surface area contributed by atoms with Gasteiger partial charge in [0.15, 0.2) is 0 Å². The fraction of sp³-hybridized carbons (Fsp3) is 0.0667. The van der Waals surface area contributed by atoms with Crippen molar-refractivity contribution in [2.45, 2.75) is 19.3 Å². The van der Waals surface area contributed by atoms with Crippen LogP contribution in [0.15, 0.2) is 158 Å². The van der Waals surface area contributed by atoms with Crippen molar-refractivity contribution in [2.75, 3.05) is 4.90 Å². The SMILES string of the molecule is CC1(C)c2ccccc2-c2ccc(-n3c4ccccc4c4c(-c5ccc(N(c6ccc(Cl)cc6)c6ccc(Cl)cc6)cc5)cccc43)cc21. The summed E-state index contributed by atoms with van der Waals surface area (Å²) in [6, 6.07) is 56.0. The number of hydrogen-bond donors (Lipinski definition) is 0. The van der Waals surface area contributed by atoms with E-state index in [1.165, 1.54) is 55.3 Å². The Kier molecular flexibility index (Phi) is 6.95. The van der Waals surface area contributed by atoms with Gasteiger partial charge in [0.05, 0.1) is 11.0 Å². The molecule has 0 aliphatic heterocycles. The van der Waals surface area contributed by atoms with Gasteiger partial charge < -0.3 is 9.47 Å². The van der Waals surface area contributed by atoms with Crippen molar-refractivity contribution in [3.8, 4) is 27.9 Å². The molecule has 7 aromatic carbocycles. The number of rotatable bonds is 5. The number of anilines is 3. The number of hydrogen-bond acceptors (Lipinski definition) is 1. The Bertz CT molecular complexity index is 2480. The van der Waals surface area contributed by atoms with Gasteiger partial charge in [-0.15, -0.1) is 0 Å². The van der Waals surface area contributed by atoms with Crippen LogP contribution in [0.5, 0.6) is 0 Å². The third-order valence-electron chi connectivity index (χ3n) is 10.1. The second kappa shape index (κ2) is 11.4. The van der Waals surface area contributed by atoms with Crippen LogP contribution >= 0.6 is 23.2 Å². The van der Waals surface area contributed by atoms with E-state index >= 15 is 0 Å². The highest BCUT2D eigenvalue weighted by Gasteiger charge is 2.35. The third-order valence-corrected chi connectivity index (χ3v) is 10.6. The molecule has 1 aliphatic carbocycles. The van der Waals surface area contributed by atoms with E-state index in [-0.39, 0.29) is 5.41 Å². The van der Waals surface area contributed by atoms with Crippen molar-refractivity contribution >= 4 is 62.1 Å². The number of benzene rings is 7. The fourth-order valence-electron chi connectivity index (χ4n) is 7.79. The molecule has 1 heterocycles. The highest BCUT2D eigenvalue weighted by Crippen LogP contribution is 2.50. The van der Waals surface area contributed by atoms with E-state index in [0.29, 0.717) is 10.0 Å². The first-order valence-corrected chi connectivity index (χ1v) is 17.3. The number of aromatic nitrogens is 1. The fourth-order valence-corrected chi connectivity index (χ4v) is 8.04. The zero-order valence-electron chi connectivity index (χ0n) is 27.2. The standard InChI is InChI=1S/C45H32Cl2N2/c1-45(2)40-11-5-3-8-37(40)38-27-26-35(28-41(38)45)49-42-12-6-4-9-39(42)44-36(10-7-13-43(44)49)29-14-20-32(21-15-29)48(33-22-16-30(46)17-23-33)34-24-18-31(47)19-25-34/h3-28H,1-2H3. The van der Waals surface area contributed by atoms with Crippen LogP contribution in [0.2, 0.25) is 10.0 Å². The van der Waals surface area contributed by atoms with E-state index in [4.69, 9.17) is 23.2 Å². The molecule has 236 valence electrons. The van der Waals surface area contributed by atoms with Crippen molar-refractivity contribution in [1.82, 2.24) is 4.57 Å². The summed E-state index contributed by atoms with van der Waals surface area (Å²) in [5.41, 5.74) is 14.4. The van der Waals surface area contributed by atoms with Gasteiger partial charge in [0.2, 0.25) is 0 Å². The van der Waals surface area contributed by atoms with Crippen LogP contribution in [0.3, 0.4) is 0 Å². The summed E-state index contributed by atoms with van der Waals surface area (Å²) in [7, 11) is 0. The Labute approximate surface area is 296 Å². The normalized spacial score (nSPS) is 13.1. The van der Waals surface area contributed by atoms with Crippen LogP contribution < -0.4 is 4.90 Å². The molecule has 9 rings (SSSR count). The number of halogens is 2. The maximum absolute atomic E-state index is 6.27. The number of nitrogens with zero attached hydrogens (tertiary/aromatic N) is 2. The minimum Gasteiger partial charge on any atom is -0.311 e. The van der Waals surface area contributed by atoms with Gasteiger partial charge in [-0.3, -0.25) is 0 Å². The molecule has 2 nitrogen and oxygen atoms in total. The second-order valence-electron chi connectivity index (χ2n) is 13.3. The van der Waals surface area contributed by atoms with Crippen molar-refractivity contribution in [2.24, 2.45) is 0 Å². The summed E-state index contributed by atoms with van der Waals surface area (Å²) in [5.74, 6) is 0. The van der Waals surface area contributed by atoms with Gasteiger partial charge in [-0.2, -0.15) is 0 Å². The Morgan fingerprint density at radius 1 is 0.490 bits per heavy atom. The molecule has 0 radical (unpaired) electrons. The monoisotopic (exact) mass is 670 g/mol. The highest BCUT2D eigenvalue weighted by atomic mass is 35.5. The van der Waals surface area contributed by atoms with Gasteiger partial charge in [0, 0.05) is 49.0 Å². The molecular formula is C45H32Cl2N2. The third kappa shape index (κ3) is 4.78. The van der Waals surface area contributed by atoms with Crippen LogP contribution in [0, 0.1) is 0 Å². The summed E-state index contributed by atoms with van der Waals surface area (Å²) >= 11 is 12.5. The van der Waals surface area contributed by atoms with Gasteiger partial charge in [-0.05, 0) is 118 Å². The zero-order chi connectivity index (χ0) is 33.3. The summed E-state index contributed by atoms with van der Waals surface area (Å²) in [5, 5.41) is 3.90. The molecule has 1 aliphatic rings. The van der Waals surface area contributed by atoms with E-state index in [2.05, 4.69) is 133 Å². The lowest BCUT2D eigenvalue weighted by Gasteiger charge is -2.25. The lowest BCUT2D eigenvalue weighted by atomic mass is 9.82. The van der Waals surface area contributed by atoms with E-state index in [9.17, 15) is 0 Å². The average Bonchev–Trinajstić information content (AvgIpc) is 3.59. The van der Waals surface area contributed by atoms with Gasteiger partial charge in [-0.25, -0.2) is 0 Å². The summed E-state index contributed by atoms with van der Waals surface area (Å²) in [4.78, 5) is 2.22. The Morgan fingerprint density at radius 2 is 1.04 bits per heavy atom. The number of para-hydroxylation sites is 1. The van der Waals surface area contributed by atoms with E-state index in [1.807, 2.05) is 48.5 Å². The average molecular weight is 672 g/mol. The summed E-state index contributed by atoms with van der Waals surface area (Å²) in [6.07, 6.45) is 0. The minimum atomic E-state index is -0.0699. The zero-order valence-corrected chi connectivity index (χ0v) is 28.7. The first-order valence-electron chi connectivity index (χ1n) is 16.6. The molecule has 0 N–H and O–H groups in total. The summed E-state index contributed by atoms with van der Waals surface area (Å²) in [6.45, 7) is 4.69.